The summed E-state index contributed by atoms with van der Waals surface area (Å²) in [4.78, 5) is 30.3. The predicted octanol–water partition coefficient (Wildman–Crippen LogP) is 1.40. The third-order valence-corrected chi connectivity index (χ3v) is 4.53. The molecule has 1 aromatic heterocycles. The Labute approximate surface area is 118 Å². The van der Waals surface area contributed by atoms with E-state index >= 15 is 0 Å². The minimum atomic E-state index is -0.774. The maximum absolute atomic E-state index is 12.4. The van der Waals surface area contributed by atoms with Crippen molar-refractivity contribution in [2.24, 2.45) is 0 Å². The van der Waals surface area contributed by atoms with E-state index in [1.54, 1.807) is 6.20 Å². The van der Waals surface area contributed by atoms with Crippen LogP contribution >= 0.6 is 22.9 Å². The van der Waals surface area contributed by atoms with Gasteiger partial charge in [0.2, 0.25) is 0 Å². The average Bonchev–Trinajstić information content (AvgIpc) is 2.89. The van der Waals surface area contributed by atoms with Gasteiger partial charge in [0.1, 0.15) is 5.54 Å². The van der Waals surface area contributed by atoms with Crippen molar-refractivity contribution in [2.75, 3.05) is 13.2 Å². The smallest absolute Gasteiger partial charge is 0.325 e. The number of imide groups is 1. The zero-order chi connectivity index (χ0) is 13.5. The summed E-state index contributed by atoms with van der Waals surface area (Å²) in [5.74, 6) is -0.176. The van der Waals surface area contributed by atoms with Crippen LogP contribution in [0.4, 0.5) is 4.79 Å². The summed E-state index contributed by atoms with van der Waals surface area (Å²) in [5, 5.41) is 2.80. The van der Waals surface area contributed by atoms with Crippen molar-refractivity contribution in [3.05, 3.63) is 15.5 Å². The van der Waals surface area contributed by atoms with E-state index in [9.17, 15) is 9.59 Å². The minimum absolute atomic E-state index is 0.176. The molecule has 0 aromatic carbocycles. The molecule has 8 heteroatoms. The number of thiazole rings is 1. The number of halogens is 1. The number of carbonyl (C=O) groups is 2. The number of amides is 3. The lowest BCUT2D eigenvalue weighted by atomic mass is 9.90. The molecule has 2 aliphatic heterocycles. The van der Waals surface area contributed by atoms with Gasteiger partial charge in [-0.2, -0.15) is 0 Å². The normalized spacial score (nSPS) is 22.1. The molecule has 3 amide bonds. The van der Waals surface area contributed by atoms with Crippen LogP contribution in [0, 0.1) is 0 Å². The lowest BCUT2D eigenvalue weighted by molar-refractivity contribution is -0.134. The molecule has 1 N–H and O–H groups in total. The highest BCUT2D eigenvalue weighted by Crippen LogP contribution is 2.30. The van der Waals surface area contributed by atoms with Crippen molar-refractivity contribution >= 4 is 34.9 Å². The number of hydrogen-bond donors (Lipinski definition) is 1. The molecular formula is C11H12ClN3O3S. The van der Waals surface area contributed by atoms with E-state index in [-0.39, 0.29) is 18.5 Å². The molecule has 0 atom stereocenters. The summed E-state index contributed by atoms with van der Waals surface area (Å²) in [6.45, 7) is 1.20. The van der Waals surface area contributed by atoms with Gasteiger partial charge in [-0.25, -0.2) is 9.78 Å². The lowest BCUT2D eigenvalue weighted by Gasteiger charge is -2.30. The fourth-order valence-corrected chi connectivity index (χ4v) is 3.36. The first kappa shape index (κ1) is 12.8. The molecule has 1 aromatic rings. The van der Waals surface area contributed by atoms with Crippen molar-refractivity contribution in [1.29, 1.82) is 0 Å². The van der Waals surface area contributed by atoms with Gasteiger partial charge in [-0.1, -0.05) is 11.6 Å². The Kier molecular flexibility index (Phi) is 3.20. The average molecular weight is 302 g/mol. The number of carbonyl (C=O) groups excluding carboxylic acids is 2. The maximum atomic E-state index is 12.4. The predicted molar refractivity (Wildman–Crippen MR) is 69.0 cm³/mol. The molecule has 3 heterocycles. The van der Waals surface area contributed by atoms with Crippen LogP contribution in [0.15, 0.2) is 6.20 Å². The molecule has 0 radical (unpaired) electrons. The van der Waals surface area contributed by atoms with Crippen LogP contribution in [-0.2, 0) is 16.1 Å². The van der Waals surface area contributed by atoms with E-state index in [1.807, 2.05) is 0 Å². The first-order chi connectivity index (χ1) is 9.11. The number of nitrogens with one attached hydrogen (secondary N) is 1. The summed E-state index contributed by atoms with van der Waals surface area (Å²) in [6, 6.07) is -0.351. The van der Waals surface area contributed by atoms with Crippen LogP contribution in [0.2, 0.25) is 4.47 Å². The minimum Gasteiger partial charge on any atom is -0.381 e. The molecule has 0 bridgehead atoms. The van der Waals surface area contributed by atoms with Crippen LogP contribution < -0.4 is 5.32 Å². The van der Waals surface area contributed by atoms with E-state index in [2.05, 4.69) is 10.3 Å². The van der Waals surface area contributed by atoms with Gasteiger partial charge >= 0.3 is 6.03 Å². The van der Waals surface area contributed by atoms with E-state index in [0.717, 1.165) is 4.88 Å². The summed E-state index contributed by atoms with van der Waals surface area (Å²) < 4.78 is 5.65. The van der Waals surface area contributed by atoms with Crippen molar-refractivity contribution < 1.29 is 14.3 Å². The molecular weight excluding hydrogens is 290 g/mol. The van der Waals surface area contributed by atoms with Gasteiger partial charge in [-0.05, 0) is 0 Å². The SMILES string of the molecule is O=C1NC2(CCOCC2)C(=O)N1Cc1cnc(Cl)s1. The van der Waals surface area contributed by atoms with E-state index in [0.29, 0.717) is 30.5 Å². The number of aromatic nitrogens is 1. The zero-order valence-corrected chi connectivity index (χ0v) is 11.6. The first-order valence-corrected chi connectivity index (χ1v) is 7.12. The van der Waals surface area contributed by atoms with E-state index < -0.39 is 5.54 Å². The van der Waals surface area contributed by atoms with Crippen molar-refractivity contribution in [1.82, 2.24) is 15.2 Å². The Balaban J connectivity index is 1.79. The van der Waals surface area contributed by atoms with Gasteiger partial charge in [-0.15, -0.1) is 11.3 Å². The zero-order valence-electron chi connectivity index (χ0n) is 10.0. The lowest BCUT2D eigenvalue weighted by Crippen LogP contribution is -2.50. The molecule has 0 saturated carbocycles. The molecule has 2 saturated heterocycles. The topological polar surface area (TPSA) is 71.5 Å². The van der Waals surface area contributed by atoms with E-state index in [1.165, 1.54) is 16.2 Å². The second-order valence-corrected chi connectivity index (χ2v) is 6.29. The van der Waals surface area contributed by atoms with Crippen LogP contribution in [0.1, 0.15) is 17.7 Å². The fraction of sp³-hybridized carbons (Fsp3) is 0.545. The van der Waals surface area contributed by atoms with Crippen LogP contribution in [0.3, 0.4) is 0 Å². The third-order valence-electron chi connectivity index (χ3n) is 3.43. The molecule has 2 fully saturated rings. The highest BCUT2D eigenvalue weighted by molar-refractivity contribution is 7.15. The largest absolute Gasteiger partial charge is 0.381 e. The molecule has 1 spiro atoms. The molecule has 0 aliphatic carbocycles. The number of ether oxygens (including phenoxy) is 1. The standard InChI is InChI=1S/C11H12ClN3O3S/c12-9-13-5-7(19-9)6-15-8(16)11(14-10(15)17)1-3-18-4-2-11/h5H,1-4,6H2,(H,14,17). The monoisotopic (exact) mass is 301 g/mol. The number of urea groups is 1. The maximum Gasteiger partial charge on any atom is 0.325 e. The highest BCUT2D eigenvalue weighted by Gasteiger charge is 2.51. The highest BCUT2D eigenvalue weighted by atomic mass is 35.5. The van der Waals surface area contributed by atoms with Gasteiger partial charge in [-0.3, -0.25) is 9.69 Å². The fourth-order valence-electron chi connectivity index (χ4n) is 2.39. The number of nitrogens with zero attached hydrogens (tertiary/aromatic N) is 2. The Hall–Kier alpha value is -1.18. The van der Waals surface area contributed by atoms with Gasteiger partial charge < -0.3 is 10.1 Å². The first-order valence-electron chi connectivity index (χ1n) is 5.93. The Bertz CT molecular complexity index is 527. The summed E-state index contributed by atoms with van der Waals surface area (Å²) in [5.41, 5.74) is -0.774. The Morgan fingerprint density at radius 1 is 1.47 bits per heavy atom. The Morgan fingerprint density at radius 2 is 2.21 bits per heavy atom. The molecule has 2 aliphatic rings. The second kappa shape index (κ2) is 4.73. The Morgan fingerprint density at radius 3 is 2.84 bits per heavy atom. The molecule has 6 nitrogen and oxygen atoms in total. The van der Waals surface area contributed by atoms with Gasteiger partial charge in [0.15, 0.2) is 4.47 Å². The summed E-state index contributed by atoms with van der Waals surface area (Å²) >= 11 is 7.02. The quantitative estimate of drug-likeness (QED) is 0.838. The molecule has 19 heavy (non-hydrogen) atoms. The molecule has 102 valence electrons. The number of rotatable bonds is 2. The summed E-state index contributed by atoms with van der Waals surface area (Å²) in [7, 11) is 0. The second-order valence-electron chi connectivity index (χ2n) is 4.60. The van der Waals surface area contributed by atoms with E-state index in [4.69, 9.17) is 16.3 Å². The van der Waals surface area contributed by atoms with Crippen molar-refractivity contribution in [3.8, 4) is 0 Å². The van der Waals surface area contributed by atoms with Crippen molar-refractivity contribution in [2.45, 2.75) is 24.9 Å². The van der Waals surface area contributed by atoms with Gasteiger partial charge in [0.25, 0.3) is 5.91 Å². The molecule has 3 rings (SSSR count). The number of hydrogen-bond acceptors (Lipinski definition) is 5. The van der Waals surface area contributed by atoms with Crippen LogP contribution in [-0.4, -0.2) is 40.6 Å². The van der Waals surface area contributed by atoms with Gasteiger partial charge in [0, 0.05) is 37.1 Å². The third kappa shape index (κ3) is 2.22. The van der Waals surface area contributed by atoms with Gasteiger partial charge in [0.05, 0.1) is 6.54 Å². The van der Waals surface area contributed by atoms with Crippen molar-refractivity contribution in [3.63, 3.8) is 0 Å². The van der Waals surface area contributed by atoms with Crippen LogP contribution in [0.5, 0.6) is 0 Å². The van der Waals surface area contributed by atoms with Crippen LogP contribution in [0.25, 0.3) is 0 Å². The summed E-state index contributed by atoms with van der Waals surface area (Å²) in [6.07, 6.45) is 2.64. The molecule has 0 unspecified atom stereocenters.